The van der Waals surface area contributed by atoms with E-state index < -0.39 is 11.8 Å². The van der Waals surface area contributed by atoms with E-state index in [2.05, 4.69) is 0 Å². The molecule has 2 nitrogen and oxygen atoms in total. The van der Waals surface area contributed by atoms with Crippen molar-refractivity contribution in [1.82, 2.24) is 0 Å². The zero-order valence-electron chi connectivity index (χ0n) is 10.6. The van der Waals surface area contributed by atoms with E-state index in [-0.39, 0.29) is 22.8 Å². The molecule has 0 aliphatic heterocycles. The summed E-state index contributed by atoms with van der Waals surface area (Å²) in [5.41, 5.74) is 0.654. The number of hydrogen-bond donors (Lipinski definition) is 0. The zero-order chi connectivity index (χ0) is 14.7. The summed E-state index contributed by atoms with van der Waals surface area (Å²) in [6, 6.07) is 8.88. The van der Waals surface area contributed by atoms with Crippen LogP contribution in [0, 0.1) is 5.82 Å². The van der Waals surface area contributed by atoms with E-state index in [1.165, 1.54) is 24.3 Å². The van der Waals surface area contributed by atoms with Crippen molar-refractivity contribution < 1.29 is 13.9 Å². The molecule has 0 saturated carbocycles. The lowest BCUT2D eigenvalue weighted by Gasteiger charge is -2.11. The Bertz CT molecular complexity index is 656. The van der Waals surface area contributed by atoms with Gasteiger partial charge in [0.25, 0.3) is 0 Å². The molecule has 0 spiro atoms. The maximum absolute atomic E-state index is 14.1. The molecule has 0 amide bonds. The van der Waals surface area contributed by atoms with Crippen LogP contribution in [0.5, 0.6) is 0 Å². The van der Waals surface area contributed by atoms with Gasteiger partial charge in [-0.2, -0.15) is 0 Å². The molecule has 20 heavy (non-hydrogen) atoms. The highest BCUT2D eigenvalue weighted by atomic mass is 35.5. The molecule has 0 saturated heterocycles. The minimum atomic E-state index is -0.590. The standard InChI is InChI=1S/C15H11Cl2FO2/c1-2-20-15(19)11-4-3-5-13(18)14(11)10-7-6-9(16)8-12(10)17/h3-8H,2H2,1H3. The Kier molecular flexibility index (Phi) is 4.63. The molecule has 0 unspecified atom stereocenters. The van der Waals surface area contributed by atoms with E-state index in [1.807, 2.05) is 0 Å². The smallest absolute Gasteiger partial charge is 0.338 e. The Balaban J connectivity index is 2.63. The Morgan fingerprint density at radius 2 is 2.00 bits per heavy atom. The SMILES string of the molecule is CCOC(=O)c1cccc(F)c1-c1ccc(Cl)cc1Cl. The van der Waals surface area contributed by atoms with E-state index in [9.17, 15) is 9.18 Å². The maximum Gasteiger partial charge on any atom is 0.338 e. The molecule has 0 N–H and O–H groups in total. The number of carbonyl (C=O) groups excluding carboxylic acids is 1. The molecule has 2 rings (SSSR count). The average Bonchev–Trinajstić information content (AvgIpc) is 2.40. The van der Waals surface area contributed by atoms with Crippen LogP contribution in [-0.2, 0) is 4.74 Å². The van der Waals surface area contributed by atoms with Crippen molar-refractivity contribution in [3.05, 3.63) is 57.8 Å². The fourth-order valence-corrected chi connectivity index (χ4v) is 2.37. The molecule has 0 radical (unpaired) electrons. The van der Waals surface area contributed by atoms with Gasteiger partial charge in [0.1, 0.15) is 5.82 Å². The minimum absolute atomic E-state index is 0.118. The monoisotopic (exact) mass is 312 g/mol. The lowest BCUT2D eigenvalue weighted by molar-refractivity contribution is 0.0527. The van der Waals surface area contributed by atoms with Gasteiger partial charge in [0.2, 0.25) is 0 Å². The van der Waals surface area contributed by atoms with E-state index in [1.54, 1.807) is 19.1 Å². The number of carbonyl (C=O) groups is 1. The summed E-state index contributed by atoms with van der Waals surface area (Å²) < 4.78 is 19.1. The summed E-state index contributed by atoms with van der Waals surface area (Å²) in [6.07, 6.45) is 0. The van der Waals surface area contributed by atoms with Crippen molar-refractivity contribution in [3.8, 4) is 11.1 Å². The van der Waals surface area contributed by atoms with Crippen LogP contribution in [0.4, 0.5) is 4.39 Å². The predicted octanol–water partition coefficient (Wildman–Crippen LogP) is 4.98. The van der Waals surface area contributed by atoms with Crippen LogP contribution in [0.25, 0.3) is 11.1 Å². The van der Waals surface area contributed by atoms with Crippen LogP contribution in [0.3, 0.4) is 0 Å². The van der Waals surface area contributed by atoms with E-state index in [0.29, 0.717) is 10.6 Å². The molecular formula is C15H11Cl2FO2. The van der Waals surface area contributed by atoms with Gasteiger partial charge in [0.15, 0.2) is 0 Å². The third-order valence-corrected chi connectivity index (χ3v) is 3.26. The van der Waals surface area contributed by atoms with Gasteiger partial charge < -0.3 is 4.74 Å². The second kappa shape index (κ2) is 6.25. The molecule has 5 heteroatoms. The van der Waals surface area contributed by atoms with E-state index >= 15 is 0 Å². The maximum atomic E-state index is 14.1. The number of esters is 1. The van der Waals surface area contributed by atoms with E-state index in [4.69, 9.17) is 27.9 Å². The number of hydrogen-bond acceptors (Lipinski definition) is 2. The largest absolute Gasteiger partial charge is 0.462 e. The van der Waals surface area contributed by atoms with Crippen molar-refractivity contribution >= 4 is 29.2 Å². The molecule has 0 heterocycles. The lowest BCUT2D eigenvalue weighted by Crippen LogP contribution is -2.07. The van der Waals surface area contributed by atoms with Crippen LogP contribution >= 0.6 is 23.2 Å². The van der Waals surface area contributed by atoms with Crippen LogP contribution in [0.15, 0.2) is 36.4 Å². The van der Waals surface area contributed by atoms with Gasteiger partial charge in [0.05, 0.1) is 17.2 Å². The molecule has 0 aliphatic carbocycles. The van der Waals surface area contributed by atoms with Crippen LogP contribution in [0.1, 0.15) is 17.3 Å². The lowest BCUT2D eigenvalue weighted by atomic mass is 9.99. The highest BCUT2D eigenvalue weighted by molar-refractivity contribution is 6.36. The summed E-state index contributed by atoms with van der Waals surface area (Å²) in [5, 5.41) is 0.709. The molecule has 0 fully saturated rings. The first kappa shape index (κ1) is 14.8. The highest BCUT2D eigenvalue weighted by Crippen LogP contribution is 2.34. The molecule has 2 aromatic carbocycles. The van der Waals surface area contributed by atoms with Gasteiger partial charge in [-0.25, -0.2) is 9.18 Å². The van der Waals surface area contributed by atoms with Crippen molar-refractivity contribution in [3.63, 3.8) is 0 Å². The predicted molar refractivity (Wildman–Crippen MR) is 77.8 cm³/mol. The molecular weight excluding hydrogens is 302 g/mol. The zero-order valence-corrected chi connectivity index (χ0v) is 12.1. The molecule has 0 aliphatic rings. The van der Waals surface area contributed by atoms with Gasteiger partial charge >= 0.3 is 5.97 Å². The Morgan fingerprint density at radius 1 is 1.25 bits per heavy atom. The fourth-order valence-electron chi connectivity index (χ4n) is 1.87. The van der Waals surface area contributed by atoms with Crippen molar-refractivity contribution in [2.45, 2.75) is 6.92 Å². The summed E-state index contributed by atoms with van der Waals surface area (Å²) in [7, 11) is 0. The molecule has 104 valence electrons. The van der Waals surface area contributed by atoms with Gasteiger partial charge in [-0.1, -0.05) is 35.3 Å². The van der Waals surface area contributed by atoms with Crippen molar-refractivity contribution in [2.24, 2.45) is 0 Å². The summed E-state index contributed by atoms with van der Waals surface area (Å²) in [6.45, 7) is 1.90. The highest BCUT2D eigenvalue weighted by Gasteiger charge is 2.19. The fraction of sp³-hybridized carbons (Fsp3) is 0.133. The molecule has 0 aromatic heterocycles. The Labute approximate surface area is 126 Å². The minimum Gasteiger partial charge on any atom is -0.462 e. The molecule has 2 aromatic rings. The van der Waals surface area contributed by atoms with Crippen molar-refractivity contribution in [2.75, 3.05) is 6.61 Å². The number of rotatable bonds is 3. The third-order valence-electron chi connectivity index (χ3n) is 2.71. The van der Waals surface area contributed by atoms with E-state index in [0.717, 1.165) is 0 Å². The van der Waals surface area contributed by atoms with Gasteiger partial charge in [-0.15, -0.1) is 0 Å². The second-order valence-electron chi connectivity index (χ2n) is 4.01. The number of benzene rings is 2. The van der Waals surface area contributed by atoms with Gasteiger partial charge in [-0.05, 0) is 31.2 Å². The quantitative estimate of drug-likeness (QED) is 0.747. The second-order valence-corrected chi connectivity index (χ2v) is 4.85. The topological polar surface area (TPSA) is 26.3 Å². The van der Waals surface area contributed by atoms with Crippen molar-refractivity contribution in [1.29, 1.82) is 0 Å². The first-order chi connectivity index (χ1) is 9.54. The first-order valence-electron chi connectivity index (χ1n) is 5.95. The average molecular weight is 313 g/mol. The Hall–Kier alpha value is -1.58. The summed E-state index contributed by atoms with van der Waals surface area (Å²) in [4.78, 5) is 11.9. The van der Waals surface area contributed by atoms with Crippen LogP contribution in [0.2, 0.25) is 10.0 Å². The first-order valence-corrected chi connectivity index (χ1v) is 6.71. The number of ether oxygens (including phenoxy) is 1. The third kappa shape index (κ3) is 2.94. The summed E-state index contributed by atoms with van der Waals surface area (Å²) in [5.74, 6) is -1.13. The van der Waals surface area contributed by atoms with Gasteiger partial charge in [-0.3, -0.25) is 0 Å². The normalized spacial score (nSPS) is 10.4. The summed E-state index contributed by atoms with van der Waals surface area (Å²) >= 11 is 11.9. The molecule has 0 atom stereocenters. The van der Waals surface area contributed by atoms with Gasteiger partial charge in [0, 0.05) is 16.1 Å². The molecule has 0 bridgehead atoms. The Morgan fingerprint density at radius 3 is 2.65 bits per heavy atom. The number of halogens is 3. The van der Waals surface area contributed by atoms with Crippen LogP contribution < -0.4 is 0 Å². The van der Waals surface area contributed by atoms with Crippen LogP contribution in [-0.4, -0.2) is 12.6 Å².